The second-order valence-corrected chi connectivity index (χ2v) is 8.31. The van der Waals surface area contributed by atoms with Crippen molar-refractivity contribution in [2.24, 2.45) is 0 Å². The summed E-state index contributed by atoms with van der Waals surface area (Å²) in [4.78, 5) is 22.0. The van der Waals surface area contributed by atoms with E-state index in [2.05, 4.69) is 51.4 Å². The first-order valence-electron chi connectivity index (χ1n) is 11.1. The van der Waals surface area contributed by atoms with Crippen LogP contribution in [-0.4, -0.2) is 56.7 Å². The molecule has 0 atom stereocenters. The summed E-state index contributed by atoms with van der Waals surface area (Å²) in [6.07, 6.45) is 1.80. The predicted octanol–water partition coefficient (Wildman–Crippen LogP) is 3.75. The first-order chi connectivity index (χ1) is 15.7. The van der Waals surface area contributed by atoms with Crippen LogP contribution < -0.4 is 0 Å². The van der Waals surface area contributed by atoms with Gasteiger partial charge in [-0.3, -0.25) is 9.69 Å². The smallest absolute Gasteiger partial charge is 0.244 e. The van der Waals surface area contributed by atoms with Gasteiger partial charge in [0.2, 0.25) is 5.91 Å². The molecule has 1 saturated heterocycles. The molecule has 0 unspecified atom stereocenters. The van der Waals surface area contributed by atoms with Gasteiger partial charge in [-0.15, -0.1) is 0 Å². The third-order valence-electron chi connectivity index (χ3n) is 6.15. The molecule has 0 spiro atoms. The topological polar surface area (TPSA) is 54.3 Å². The number of carbonyl (C=O) groups excluding carboxylic acids is 1. The Labute approximate surface area is 188 Å². The van der Waals surface area contributed by atoms with Gasteiger partial charge in [-0.2, -0.15) is 5.10 Å². The van der Waals surface area contributed by atoms with E-state index in [1.54, 1.807) is 10.9 Å². The fourth-order valence-electron chi connectivity index (χ4n) is 4.48. The highest BCUT2D eigenvalue weighted by Gasteiger charge is 2.23. The van der Waals surface area contributed by atoms with Gasteiger partial charge in [-0.1, -0.05) is 60.7 Å². The molecule has 3 heterocycles. The Kier molecular flexibility index (Phi) is 5.69. The summed E-state index contributed by atoms with van der Waals surface area (Å²) in [5.41, 5.74) is 5.20. The third-order valence-corrected chi connectivity index (χ3v) is 6.15. The van der Waals surface area contributed by atoms with Crippen LogP contribution in [0.25, 0.3) is 22.2 Å². The maximum atomic E-state index is 13.1. The molecule has 6 nitrogen and oxygen atoms in total. The Balaban J connectivity index is 1.29. The molecule has 2 aromatic heterocycles. The summed E-state index contributed by atoms with van der Waals surface area (Å²) in [7, 11) is 0. The number of aromatic nitrogens is 3. The van der Waals surface area contributed by atoms with Crippen LogP contribution in [0.1, 0.15) is 11.3 Å². The zero-order chi connectivity index (χ0) is 21.9. The average Bonchev–Trinajstić information content (AvgIpc) is 3.16. The summed E-state index contributed by atoms with van der Waals surface area (Å²) in [6.45, 7) is 6.39. The second-order valence-electron chi connectivity index (χ2n) is 8.31. The average molecular weight is 426 g/mol. The number of nitrogens with zero attached hydrogens (tertiary/aromatic N) is 5. The number of fused-ring (bicyclic) bond motifs is 1. The van der Waals surface area contributed by atoms with E-state index < -0.39 is 0 Å². The van der Waals surface area contributed by atoms with Crippen LogP contribution in [0, 0.1) is 6.92 Å². The van der Waals surface area contributed by atoms with E-state index in [1.807, 2.05) is 42.2 Å². The number of amides is 1. The van der Waals surface area contributed by atoms with Gasteiger partial charge in [-0.05, 0) is 29.7 Å². The van der Waals surface area contributed by atoms with Crippen molar-refractivity contribution in [2.45, 2.75) is 20.0 Å². The molecule has 5 rings (SSSR count). The Hall–Kier alpha value is -3.51. The lowest BCUT2D eigenvalue weighted by molar-refractivity contribution is -0.133. The Morgan fingerprint density at radius 1 is 0.906 bits per heavy atom. The number of aryl methyl sites for hydroxylation is 1. The molecule has 2 aromatic carbocycles. The fraction of sp³-hybridized carbons (Fsp3) is 0.269. The first-order valence-corrected chi connectivity index (χ1v) is 11.1. The lowest BCUT2D eigenvalue weighted by atomic mass is 10.0. The van der Waals surface area contributed by atoms with Gasteiger partial charge in [0.1, 0.15) is 6.54 Å². The molecule has 0 radical (unpaired) electrons. The Bertz CT molecular complexity index is 1210. The van der Waals surface area contributed by atoms with Gasteiger partial charge in [0.15, 0.2) is 5.65 Å². The summed E-state index contributed by atoms with van der Waals surface area (Å²) >= 11 is 0. The molecule has 6 heteroatoms. The number of pyridine rings is 1. The normalized spacial score (nSPS) is 14.7. The SMILES string of the molecule is Cc1nn(CC(=O)N2CCN(Cc3ccccc3)CC2)c2nccc(-c3ccccc3)c12. The fourth-order valence-corrected chi connectivity index (χ4v) is 4.48. The number of carbonyl (C=O) groups is 1. The number of hydrogen-bond donors (Lipinski definition) is 0. The number of benzene rings is 2. The quantitative estimate of drug-likeness (QED) is 0.489. The molecule has 162 valence electrons. The molecule has 32 heavy (non-hydrogen) atoms. The van der Waals surface area contributed by atoms with Crippen LogP contribution >= 0.6 is 0 Å². The van der Waals surface area contributed by atoms with Crippen LogP contribution in [0.2, 0.25) is 0 Å². The molecule has 0 N–H and O–H groups in total. The zero-order valence-electron chi connectivity index (χ0n) is 18.3. The largest absolute Gasteiger partial charge is 0.339 e. The number of hydrogen-bond acceptors (Lipinski definition) is 4. The highest BCUT2D eigenvalue weighted by Crippen LogP contribution is 2.29. The van der Waals surface area contributed by atoms with E-state index in [1.165, 1.54) is 5.56 Å². The molecule has 4 aromatic rings. The third kappa shape index (κ3) is 4.14. The van der Waals surface area contributed by atoms with E-state index in [0.29, 0.717) is 0 Å². The molecule has 0 aliphatic carbocycles. The molecule has 1 amide bonds. The number of rotatable bonds is 5. The van der Waals surface area contributed by atoms with Crippen LogP contribution in [0.3, 0.4) is 0 Å². The van der Waals surface area contributed by atoms with Crippen LogP contribution in [0.5, 0.6) is 0 Å². The van der Waals surface area contributed by atoms with Gasteiger partial charge in [-0.25, -0.2) is 9.67 Å². The minimum absolute atomic E-state index is 0.0978. The minimum Gasteiger partial charge on any atom is -0.339 e. The van der Waals surface area contributed by atoms with Crippen molar-refractivity contribution >= 4 is 16.9 Å². The van der Waals surface area contributed by atoms with Gasteiger partial charge >= 0.3 is 0 Å². The van der Waals surface area contributed by atoms with Crippen molar-refractivity contribution in [1.82, 2.24) is 24.6 Å². The zero-order valence-corrected chi connectivity index (χ0v) is 18.3. The van der Waals surface area contributed by atoms with Crippen molar-refractivity contribution < 1.29 is 4.79 Å². The first kappa shape index (κ1) is 20.4. The predicted molar refractivity (Wildman–Crippen MR) is 126 cm³/mol. The molecule has 0 saturated carbocycles. The van der Waals surface area contributed by atoms with Gasteiger partial charge in [0.25, 0.3) is 0 Å². The number of piperazine rings is 1. The van der Waals surface area contributed by atoms with Crippen LogP contribution in [-0.2, 0) is 17.9 Å². The van der Waals surface area contributed by atoms with Crippen LogP contribution in [0.15, 0.2) is 72.9 Å². The monoisotopic (exact) mass is 425 g/mol. The van der Waals surface area contributed by atoms with E-state index >= 15 is 0 Å². The van der Waals surface area contributed by atoms with Gasteiger partial charge < -0.3 is 4.90 Å². The van der Waals surface area contributed by atoms with Crippen LogP contribution in [0.4, 0.5) is 0 Å². The van der Waals surface area contributed by atoms with E-state index in [-0.39, 0.29) is 12.5 Å². The molecular formula is C26H27N5O. The van der Waals surface area contributed by atoms with Crippen molar-refractivity contribution in [2.75, 3.05) is 26.2 Å². The highest BCUT2D eigenvalue weighted by molar-refractivity contribution is 5.95. The molecule has 1 aliphatic rings. The second kappa shape index (κ2) is 8.93. The molecule has 0 bridgehead atoms. The standard InChI is InChI=1S/C26H27N5O/c1-20-25-23(22-10-6-3-7-11-22)12-13-27-26(25)31(28-20)19-24(32)30-16-14-29(15-17-30)18-21-8-4-2-5-9-21/h2-13H,14-19H2,1H3. The summed E-state index contributed by atoms with van der Waals surface area (Å²) in [5, 5.41) is 5.69. The van der Waals surface area contributed by atoms with Gasteiger partial charge in [0, 0.05) is 44.3 Å². The van der Waals surface area contributed by atoms with Crippen molar-refractivity contribution in [3.8, 4) is 11.1 Å². The molecule has 1 fully saturated rings. The van der Waals surface area contributed by atoms with Crippen molar-refractivity contribution in [3.63, 3.8) is 0 Å². The minimum atomic E-state index is 0.0978. The lowest BCUT2D eigenvalue weighted by Gasteiger charge is -2.34. The molecule has 1 aliphatic heterocycles. The summed E-state index contributed by atoms with van der Waals surface area (Å²) in [6, 6.07) is 22.8. The van der Waals surface area contributed by atoms with E-state index in [0.717, 1.165) is 60.6 Å². The van der Waals surface area contributed by atoms with E-state index in [9.17, 15) is 4.79 Å². The maximum absolute atomic E-state index is 13.1. The van der Waals surface area contributed by atoms with Gasteiger partial charge in [0.05, 0.1) is 5.69 Å². The van der Waals surface area contributed by atoms with Crippen molar-refractivity contribution in [1.29, 1.82) is 0 Å². The highest BCUT2D eigenvalue weighted by atomic mass is 16.2. The maximum Gasteiger partial charge on any atom is 0.244 e. The lowest BCUT2D eigenvalue weighted by Crippen LogP contribution is -2.49. The molecular weight excluding hydrogens is 398 g/mol. The summed E-state index contributed by atoms with van der Waals surface area (Å²) in [5.74, 6) is 0.0978. The Morgan fingerprint density at radius 3 is 2.31 bits per heavy atom. The Morgan fingerprint density at radius 2 is 1.59 bits per heavy atom. The van der Waals surface area contributed by atoms with E-state index in [4.69, 9.17) is 0 Å². The van der Waals surface area contributed by atoms with Crippen molar-refractivity contribution in [3.05, 3.63) is 84.2 Å². The summed E-state index contributed by atoms with van der Waals surface area (Å²) < 4.78 is 1.76.